The lowest BCUT2D eigenvalue weighted by Gasteiger charge is -1.90. The fraction of sp³-hybridized carbons (Fsp3) is 0.125. The van der Waals surface area contributed by atoms with Gasteiger partial charge in [-0.1, -0.05) is 24.2 Å². The Morgan fingerprint density at radius 2 is 2.55 bits per heavy atom. The Morgan fingerprint density at radius 1 is 1.82 bits per heavy atom. The van der Waals surface area contributed by atoms with Gasteiger partial charge in [-0.15, -0.1) is 0 Å². The number of allylic oxidation sites excluding steroid dienone is 2. The second kappa shape index (κ2) is 3.24. The molecule has 54 valence electrons. The molecule has 0 aliphatic heterocycles. The Kier molecular flexibility index (Phi) is 2.31. The van der Waals surface area contributed by atoms with Gasteiger partial charge in [0.15, 0.2) is 0 Å². The summed E-state index contributed by atoms with van der Waals surface area (Å²) in [5, 5.41) is 6.66. The highest BCUT2D eigenvalue weighted by Crippen LogP contribution is 2.07. The average molecular weight is 144 g/mol. The third-order valence-corrected chi connectivity index (χ3v) is 1.43. The molecule has 1 aromatic heterocycles. The molecule has 0 amide bonds. The average Bonchev–Trinajstić information content (AvgIpc) is 2.37. The summed E-state index contributed by atoms with van der Waals surface area (Å²) in [5.74, 6) is 0. The minimum atomic E-state index is 0.648. The number of H-pyrrole nitrogens is 1. The standard InChI is InChI=1S/C8H9BN2/c1-3-8(9)4-7-5-10-11-6(7)2/h3-5H,1H2,2H3,(H,10,11)/b8-4+. The third-order valence-electron chi connectivity index (χ3n) is 1.43. The van der Waals surface area contributed by atoms with E-state index in [2.05, 4.69) is 16.8 Å². The van der Waals surface area contributed by atoms with E-state index in [1.807, 2.05) is 13.0 Å². The molecule has 0 aliphatic carbocycles. The predicted molar refractivity (Wildman–Crippen MR) is 47.3 cm³/mol. The molecule has 0 atom stereocenters. The molecule has 11 heavy (non-hydrogen) atoms. The highest BCUT2D eigenvalue weighted by molar-refractivity contribution is 6.25. The Morgan fingerprint density at radius 3 is 3.00 bits per heavy atom. The van der Waals surface area contributed by atoms with Crippen molar-refractivity contribution in [3.63, 3.8) is 0 Å². The largest absolute Gasteiger partial charge is 0.282 e. The molecule has 0 bridgehead atoms. The van der Waals surface area contributed by atoms with E-state index in [9.17, 15) is 0 Å². The van der Waals surface area contributed by atoms with Crippen LogP contribution in [0.3, 0.4) is 0 Å². The van der Waals surface area contributed by atoms with Crippen molar-refractivity contribution in [1.82, 2.24) is 10.2 Å². The van der Waals surface area contributed by atoms with Crippen LogP contribution in [-0.4, -0.2) is 18.0 Å². The van der Waals surface area contributed by atoms with Crippen molar-refractivity contribution < 1.29 is 0 Å². The van der Waals surface area contributed by atoms with E-state index in [0.29, 0.717) is 5.47 Å². The second-order valence-electron chi connectivity index (χ2n) is 2.30. The summed E-state index contributed by atoms with van der Waals surface area (Å²) in [6, 6.07) is 0. The number of aromatic nitrogens is 2. The van der Waals surface area contributed by atoms with Crippen LogP contribution < -0.4 is 0 Å². The van der Waals surface area contributed by atoms with Gasteiger partial charge < -0.3 is 0 Å². The first kappa shape index (κ1) is 7.86. The molecular weight excluding hydrogens is 135 g/mol. The van der Waals surface area contributed by atoms with Crippen molar-refractivity contribution in [3.8, 4) is 0 Å². The minimum absolute atomic E-state index is 0.648. The van der Waals surface area contributed by atoms with Crippen LogP contribution in [0.5, 0.6) is 0 Å². The fourth-order valence-corrected chi connectivity index (χ4v) is 0.744. The fourth-order valence-electron chi connectivity index (χ4n) is 0.744. The first-order chi connectivity index (χ1) is 5.24. The van der Waals surface area contributed by atoms with Gasteiger partial charge in [0.05, 0.1) is 6.20 Å². The molecule has 1 aromatic rings. The lowest BCUT2D eigenvalue weighted by atomic mass is 9.94. The summed E-state index contributed by atoms with van der Waals surface area (Å²) in [5.41, 5.74) is 2.66. The zero-order chi connectivity index (χ0) is 8.27. The van der Waals surface area contributed by atoms with Crippen molar-refractivity contribution in [2.45, 2.75) is 6.92 Å². The number of nitrogens with zero attached hydrogens (tertiary/aromatic N) is 1. The normalized spacial score (nSPS) is 11.5. The van der Waals surface area contributed by atoms with Crippen LogP contribution in [0.1, 0.15) is 11.3 Å². The molecule has 0 fully saturated rings. The third kappa shape index (κ3) is 1.83. The molecule has 0 aliphatic rings. The topological polar surface area (TPSA) is 28.7 Å². The summed E-state index contributed by atoms with van der Waals surface area (Å²) in [6.45, 7) is 5.49. The first-order valence-corrected chi connectivity index (χ1v) is 3.33. The van der Waals surface area contributed by atoms with Crippen LogP contribution in [-0.2, 0) is 0 Å². The van der Waals surface area contributed by atoms with E-state index in [4.69, 9.17) is 7.85 Å². The van der Waals surface area contributed by atoms with E-state index in [-0.39, 0.29) is 0 Å². The maximum atomic E-state index is 5.53. The monoisotopic (exact) mass is 144 g/mol. The van der Waals surface area contributed by atoms with E-state index >= 15 is 0 Å². The van der Waals surface area contributed by atoms with E-state index in [1.54, 1.807) is 12.3 Å². The maximum absolute atomic E-state index is 5.53. The van der Waals surface area contributed by atoms with Gasteiger partial charge in [-0.2, -0.15) is 5.10 Å². The van der Waals surface area contributed by atoms with Gasteiger partial charge >= 0.3 is 0 Å². The van der Waals surface area contributed by atoms with Crippen LogP contribution in [0.15, 0.2) is 24.3 Å². The molecule has 0 saturated heterocycles. The highest BCUT2D eigenvalue weighted by atomic mass is 15.1. The molecule has 1 rings (SSSR count). The SMILES string of the molecule is [B]/C(C=C)=C/c1cn[nH]c1C. The van der Waals surface area contributed by atoms with Crippen molar-refractivity contribution in [3.05, 3.63) is 35.6 Å². The Hall–Kier alpha value is -1.25. The summed E-state index contributed by atoms with van der Waals surface area (Å²) < 4.78 is 0. The number of hydrogen-bond acceptors (Lipinski definition) is 1. The van der Waals surface area contributed by atoms with Gasteiger partial charge in [-0.25, -0.2) is 0 Å². The quantitative estimate of drug-likeness (QED) is 0.493. The Labute approximate surface area is 67.4 Å². The van der Waals surface area contributed by atoms with Crippen molar-refractivity contribution in [1.29, 1.82) is 0 Å². The van der Waals surface area contributed by atoms with Gasteiger partial charge in [0.2, 0.25) is 0 Å². The number of hydrogen-bond donors (Lipinski definition) is 1. The molecular formula is C8H9BN2. The molecule has 2 radical (unpaired) electrons. The zero-order valence-corrected chi connectivity index (χ0v) is 6.46. The maximum Gasteiger partial charge on any atom is 0.113 e. The van der Waals surface area contributed by atoms with E-state index in [1.165, 1.54) is 0 Å². The van der Waals surface area contributed by atoms with E-state index < -0.39 is 0 Å². The molecule has 1 heterocycles. The summed E-state index contributed by atoms with van der Waals surface area (Å²) in [6.07, 6.45) is 5.16. The van der Waals surface area contributed by atoms with Crippen LogP contribution >= 0.6 is 0 Å². The molecule has 1 N–H and O–H groups in total. The van der Waals surface area contributed by atoms with Gasteiger partial charge in [0.25, 0.3) is 0 Å². The summed E-state index contributed by atoms with van der Waals surface area (Å²) in [7, 11) is 5.53. The zero-order valence-electron chi connectivity index (χ0n) is 6.46. The highest BCUT2D eigenvalue weighted by Gasteiger charge is 1.94. The molecule has 0 saturated carbocycles. The Balaban J connectivity index is 2.94. The smallest absolute Gasteiger partial charge is 0.113 e. The number of aromatic amines is 1. The van der Waals surface area contributed by atoms with Gasteiger partial charge in [-0.05, 0) is 6.92 Å². The number of rotatable bonds is 2. The molecule has 0 unspecified atom stereocenters. The van der Waals surface area contributed by atoms with Crippen LogP contribution in [0.25, 0.3) is 6.08 Å². The lowest BCUT2D eigenvalue weighted by molar-refractivity contribution is 1.05. The molecule has 3 heteroatoms. The predicted octanol–water partition coefficient (Wildman–Crippen LogP) is 1.41. The molecule has 2 nitrogen and oxygen atoms in total. The first-order valence-electron chi connectivity index (χ1n) is 3.33. The van der Waals surface area contributed by atoms with Gasteiger partial charge in [0.1, 0.15) is 7.85 Å². The lowest BCUT2D eigenvalue weighted by Crippen LogP contribution is -1.77. The summed E-state index contributed by atoms with van der Waals surface area (Å²) >= 11 is 0. The summed E-state index contributed by atoms with van der Waals surface area (Å²) in [4.78, 5) is 0. The Bertz CT molecular complexity index is 286. The van der Waals surface area contributed by atoms with Crippen LogP contribution in [0, 0.1) is 6.92 Å². The van der Waals surface area contributed by atoms with Crippen LogP contribution in [0.4, 0.5) is 0 Å². The second-order valence-corrected chi connectivity index (χ2v) is 2.30. The van der Waals surface area contributed by atoms with E-state index in [0.717, 1.165) is 11.3 Å². The van der Waals surface area contributed by atoms with Gasteiger partial charge in [-0.3, -0.25) is 5.10 Å². The number of aryl methyl sites for hydroxylation is 1. The van der Waals surface area contributed by atoms with Crippen molar-refractivity contribution in [2.24, 2.45) is 0 Å². The van der Waals surface area contributed by atoms with Gasteiger partial charge in [0, 0.05) is 11.3 Å². The minimum Gasteiger partial charge on any atom is -0.282 e. The van der Waals surface area contributed by atoms with Crippen molar-refractivity contribution >= 4 is 13.9 Å². The molecule has 0 aromatic carbocycles. The number of nitrogens with one attached hydrogen (secondary N) is 1. The van der Waals surface area contributed by atoms with Crippen molar-refractivity contribution in [2.75, 3.05) is 0 Å². The van der Waals surface area contributed by atoms with Crippen LogP contribution in [0.2, 0.25) is 0 Å². The molecule has 0 spiro atoms.